The summed E-state index contributed by atoms with van der Waals surface area (Å²) < 4.78 is 1.07. The minimum Gasteiger partial charge on any atom is -0.370 e. The third kappa shape index (κ3) is 3.85. The first-order valence-corrected chi connectivity index (χ1v) is 6.26. The SMILES string of the molecule is CCN(CC)C(N)=NCc1cccc(Br)c1. The molecule has 1 aromatic rings. The van der Waals surface area contributed by atoms with E-state index in [-0.39, 0.29) is 0 Å². The Labute approximate surface area is 105 Å². The van der Waals surface area contributed by atoms with E-state index in [2.05, 4.69) is 40.8 Å². The minimum atomic E-state index is 0.616. The summed E-state index contributed by atoms with van der Waals surface area (Å²) in [4.78, 5) is 6.42. The maximum atomic E-state index is 5.89. The second-order valence-corrected chi connectivity index (χ2v) is 4.39. The van der Waals surface area contributed by atoms with Crippen LogP contribution in [0, 0.1) is 0 Å². The van der Waals surface area contributed by atoms with Gasteiger partial charge < -0.3 is 10.6 Å². The van der Waals surface area contributed by atoms with E-state index in [0.29, 0.717) is 12.5 Å². The summed E-state index contributed by atoms with van der Waals surface area (Å²) in [6.45, 7) is 6.56. The van der Waals surface area contributed by atoms with E-state index >= 15 is 0 Å². The smallest absolute Gasteiger partial charge is 0.191 e. The van der Waals surface area contributed by atoms with Gasteiger partial charge in [-0.25, -0.2) is 4.99 Å². The van der Waals surface area contributed by atoms with E-state index in [4.69, 9.17) is 5.73 Å². The molecule has 1 aromatic carbocycles. The Morgan fingerprint density at radius 2 is 2.06 bits per heavy atom. The Hall–Kier alpha value is -1.03. The molecule has 16 heavy (non-hydrogen) atoms. The molecule has 0 unspecified atom stereocenters. The molecular formula is C12H18BrN3. The zero-order valence-corrected chi connectivity index (χ0v) is 11.4. The lowest BCUT2D eigenvalue weighted by atomic mass is 10.2. The second-order valence-electron chi connectivity index (χ2n) is 3.48. The number of halogens is 1. The monoisotopic (exact) mass is 283 g/mol. The Bertz CT molecular complexity index is 359. The van der Waals surface area contributed by atoms with Crippen LogP contribution in [0.2, 0.25) is 0 Å². The molecule has 0 radical (unpaired) electrons. The largest absolute Gasteiger partial charge is 0.370 e. The number of nitrogens with two attached hydrogens (primary N) is 1. The summed E-state index contributed by atoms with van der Waals surface area (Å²) in [5, 5.41) is 0. The lowest BCUT2D eigenvalue weighted by Crippen LogP contribution is -2.37. The first kappa shape index (κ1) is 13.0. The number of hydrogen-bond acceptors (Lipinski definition) is 1. The van der Waals surface area contributed by atoms with Crippen molar-refractivity contribution in [3.63, 3.8) is 0 Å². The molecule has 0 amide bonds. The first-order chi connectivity index (χ1) is 7.67. The molecule has 0 atom stereocenters. The summed E-state index contributed by atoms with van der Waals surface area (Å²) in [5.74, 6) is 0.616. The van der Waals surface area contributed by atoms with Crippen molar-refractivity contribution >= 4 is 21.9 Å². The van der Waals surface area contributed by atoms with Gasteiger partial charge in [-0.05, 0) is 31.5 Å². The van der Waals surface area contributed by atoms with Crippen molar-refractivity contribution in [2.45, 2.75) is 20.4 Å². The average molecular weight is 284 g/mol. The van der Waals surface area contributed by atoms with Gasteiger partial charge in [-0.15, -0.1) is 0 Å². The fourth-order valence-corrected chi connectivity index (χ4v) is 1.90. The standard InChI is InChI=1S/C12H18BrN3/c1-3-16(4-2)12(14)15-9-10-6-5-7-11(13)8-10/h5-8H,3-4,9H2,1-2H3,(H2,14,15). The average Bonchev–Trinajstić information content (AvgIpc) is 2.28. The van der Waals surface area contributed by atoms with Crippen LogP contribution in [0.4, 0.5) is 0 Å². The molecule has 0 bridgehead atoms. The third-order valence-corrected chi connectivity index (χ3v) is 2.89. The minimum absolute atomic E-state index is 0.616. The number of rotatable bonds is 4. The maximum absolute atomic E-state index is 5.89. The number of hydrogen-bond donors (Lipinski definition) is 1. The number of guanidine groups is 1. The summed E-state index contributed by atoms with van der Waals surface area (Å²) in [6, 6.07) is 8.10. The fraction of sp³-hybridized carbons (Fsp3) is 0.417. The number of aliphatic imine (C=N–C) groups is 1. The van der Waals surface area contributed by atoms with E-state index in [9.17, 15) is 0 Å². The molecule has 4 heteroatoms. The van der Waals surface area contributed by atoms with Crippen LogP contribution in [-0.4, -0.2) is 23.9 Å². The van der Waals surface area contributed by atoms with E-state index in [1.165, 1.54) is 0 Å². The van der Waals surface area contributed by atoms with Crippen molar-refractivity contribution in [3.8, 4) is 0 Å². The van der Waals surface area contributed by atoms with Gasteiger partial charge in [0, 0.05) is 17.6 Å². The van der Waals surface area contributed by atoms with Gasteiger partial charge in [-0.1, -0.05) is 28.1 Å². The van der Waals surface area contributed by atoms with Crippen LogP contribution in [0.5, 0.6) is 0 Å². The van der Waals surface area contributed by atoms with Crippen LogP contribution >= 0.6 is 15.9 Å². The number of benzene rings is 1. The zero-order valence-electron chi connectivity index (χ0n) is 9.78. The molecule has 0 aliphatic carbocycles. The second kappa shape index (κ2) is 6.53. The normalized spacial score (nSPS) is 11.6. The topological polar surface area (TPSA) is 41.6 Å². The highest BCUT2D eigenvalue weighted by atomic mass is 79.9. The van der Waals surface area contributed by atoms with Gasteiger partial charge in [0.1, 0.15) is 0 Å². The Kier molecular flexibility index (Phi) is 5.32. The molecule has 2 N–H and O–H groups in total. The highest BCUT2D eigenvalue weighted by Gasteiger charge is 2.01. The van der Waals surface area contributed by atoms with Crippen molar-refractivity contribution in [2.24, 2.45) is 10.7 Å². The molecule has 0 aromatic heterocycles. The van der Waals surface area contributed by atoms with Gasteiger partial charge in [0.2, 0.25) is 0 Å². The van der Waals surface area contributed by atoms with Gasteiger partial charge in [0.15, 0.2) is 5.96 Å². The van der Waals surface area contributed by atoms with Gasteiger partial charge >= 0.3 is 0 Å². The summed E-state index contributed by atoms with van der Waals surface area (Å²) >= 11 is 3.44. The molecule has 0 aliphatic heterocycles. The van der Waals surface area contributed by atoms with Crippen LogP contribution in [0.25, 0.3) is 0 Å². The van der Waals surface area contributed by atoms with Gasteiger partial charge in [0.05, 0.1) is 6.54 Å². The van der Waals surface area contributed by atoms with E-state index < -0.39 is 0 Å². The highest BCUT2D eigenvalue weighted by Crippen LogP contribution is 2.12. The van der Waals surface area contributed by atoms with Crippen LogP contribution in [-0.2, 0) is 6.54 Å². The van der Waals surface area contributed by atoms with Gasteiger partial charge in [-0.2, -0.15) is 0 Å². The molecule has 0 spiro atoms. The summed E-state index contributed by atoms with van der Waals surface area (Å²) in [6.07, 6.45) is 0. The zero-order chi connectivity index (χ0) is 12.0. The Morgan fingerprint density at radius 1 is 1.38 bits per heavy atom. The molecule has 0 saturated carbocycles. The molecule has 1 rings (SSSR count). The molecule has 0 saturated heterocycles. The maximum Gasteiger partial charge on any atom is 0.191 e. The lowest BCUT2D eigenvalue weighted by Gasteiger charge is -2.19. The van der Waals surface area contributed by atoms with Crippen LogP contribution in [0.1, 0.15) is 19.4 Å². The predicted molar refractivity (Wildman–Crippen MR) is 72.4 cm³/mol. The van der Waals surface area contributed by atoms with E-state index in [1.54, 1.807) is 0 Å². The molecule has 88 valence electrons. The van der Waals surface area contributed by atoms with E-state index in [1.807, 2.05) is 23.1 Å². The molecule has 0 heterocycles. The molecule has 0 aliphatic rings. The fourth-order valence-electron chi connectivity index (χ4n) is 1.46. The summed E-state index contributed by atoms with van der Waals surface area (Å²) in [5.41, 5.74) is 7.05. The highest BCUT2D eigenvalue weighted by molar-refractivity contribution is 9.10. The summed E-state index contributed by atoms with van der Waals surface area (Å²) in [7, 11) is 0. The van der Waals surface area contributed by atoms with E-state index in [0.717, 1.165) is 23.1 Å². The van der Waals surface area contributed by atoms with Crippen molar-refractivity contribution < 1.29 is 0 Å². The van der Waals surface area contributed by atoms with Gasteiger partial charge in [0.25, 0.3) is 0 Å². The Morgan fingerprint density at radius 3 is 2.62 bits per heavy atom. The number of nitrogens with zero attached hydrogens (tertiary/aromatic N) is 2. The molecule has 3 nitrogen and oxygen atoms in total. The van der Waals surface area contributed by atoms with Gasteiger partial charge in [-0.3, -0.25) is 0 Å². The van der Waals surface area contributed by atoms with Crippen molar-refractivity contribution in [3.05, 3.63) is 34.3 Å². The third-order valence-electron chi connectivity index (χ3n) is 2.40. The predicted octanol–water partition coefficient (Wildman–Crippen LogP) is 2.61. The van der Waals surface area contributed by atoms with Crippen molar-refractivity contribution in [1.82, 2.24) is 4.90 Å². The van der Waals surface area contributed by atoms with Crippen molar-refractivity contribution in [1.29, 1.82) is 0 Å². The first-order valence-electron chi connectivity index (χ1n) is 5.46. The Balaban J connectivity index is 2.65. The van der Waals surface area contributed by atoms with Crippen LogP contribution in [0.15, 0.2) is 33.7 Å². The molecular weight excluding hydrogens is 266 g/mol. The van der Waals surface area contributed by atoms with Crippen LogP contribution in [0.3, 0.4) is 0 Å². The molecule has 0 fully saturated rings. The van der Waals surface area contributed by atoms with Crippen LogP contribution < -0.4 is 5.73 Å². The quantitative estimate of drug-likeness (QED) is 0.682. The van der Waals surface area contributed by atoms with Crippen molar-refractivity contribution in [2.75, 3.05) is 13.1 Å². The lowest BCUT2D eigenvalue weighted by molar-refractivity contribution is 0.458.